The van der Waals surface area contributed by atoms with Gasteiger partial charge in [-0.2, -0.15) is 13.2 Å². The van der Waals surface area contributed by atoms with E-state index in [1.807, 2.05) is 13.0 Å². The molecule has 0 radical (unpaired) electrons. The predicted octanol–water partition coefficient (Wildman–Crippen LogP) is 3.60. The van der Waals surface area contributed by atoms with Crippen molar-refractivity contribution in [1.82, 2.24) is 10.2 Å². The molecule has 0 aromatic heterocycles. The smallest absolute Gasteiger partial charge is 0.357 e. The van der Waals surface area contributed by atoms with E-state index in [0.717, 1.165) is 24.0 Å². The van der Waals surface area contributed by atoms with Crippen molar-refractivity contribution in [3.8, 4) is 0 Å². The molecule has 2 aromatic carbocycles. The Bertz CT molecular complexity index is 1170. The first-order chi connectivity index (χ1) is 15.6. The van der Waals surface area contributed by atoms with Crippen LogP contribution >= 0.6 is 11.6 Å². The number of rotatable bonds is 8. The lowest BCUT2D eigenvalue weighted by Crippen LogP contribution is -2.50. The molecule has 0 spiro atoms. The highest BCUT2D eigenvalue weighted by Gasteiger charge is 2.35. The molecule has 0 saturated heterocycles. The molecule has 186 valence electrons. The highest BCUT2D eigenvalue weighted by molar-refractivity contribution is 7.92. The minimum absolute atomic E-state index is 0.0128. The number of hydrogen-bond acceptors (Lipinski definition) is 4. The summed E-state index contributed by atoms with van der Waals surface area (Å²) in [6.07, 6.45) is -4.06. The number of benzene rings is 2. The first kappa shape index (κ1) is 27.5. The summed E-state index contributed by atoms with van der Waals surface area (Å²) >= 11 is 5.64. The van der Waals surface area contributed by atoms with Crippen LogP contribution in [0.3, 0.4) is 0 Å². The number of anilines is 1. The van der Waals surface area contributed by atoms with Gasteiger partial charge in [-0.15, -0.1) is 0 Å². The third-order valence-electron chi connectivity index (χ3n) is 5.07. The van der Waals surface area contributed by atoms with Gasteiger partial charge in [0.15, 0.2) is 0 Å². The van der Waals surface area contributed by atoms with Crippen molar-refractivity contribution in [1.29, 1.82) is 0 Å². The highest BCUT2D eigenvalue weighted by atomic mass is 35.5. The molecular formula is C22H25ClF3N3O4S. The molecule has 0 saturated carbocycles. The number of carbonyl (C=O) groups is 2. The molecule has 0 aliphatic rings. The number of likely N-dealkylation sites (N-methyl/N-ethyl adjacent to an activating group) is 1. The molecule has 0 fully saturated rings. The zero-order chi connectivity index (χ0) is 25.8. The van der Waals surface area contributed by atoms with Gasteiger partial charge >= 0.3 is 6.18 Å². The summed E-state index contributed by atoms with van der Waals surface area (Å²) in [6, 6.07) is 8.76. The van der Waals surface area contributed by atoms with Crippen molar-refractivity contribution >= 4 is 39.1 Å². The lowest BCUT2D eigenvalue weighted by molar-refractivity contribution is -0.139. The predicted molar refractivity (Wildman–Crippen MR) is 124 cm³/mol. The van der Waals surface area contributed by atoms with E-state index in [0.29, 0.717) is 15.9 Å². The van der Waals surface area contributed by atoms with Crippen molar-refractivity contribution in [2.75, 3.05) is 24.2 Å². The number of hydrogen-bond donors (Lipinski definition) is 1. The summed E-state index contributed by atoms with van der Waals surface area (Å²) in [4.78, 5) is 26.7. The summed E-state index contributed by atoms with van der Waals surface area (Å²) < 4.78 is 65.4. The fourth-order valence-electron chi connectivity index (χ4n) is 3.30. The van der Waals surface area contributed by atoms with E-state index in [9.17, 15) is 31.2 Å². The van der Waals surface area contributed by atoms with Crippen LogP contribution in [0.4, 0.5) is 18.9 Å². The van der Waals surface area contributed by atoms with E-state index < -0.39 is 51.2 Å². The maximum Gasteiger partial charge on any atom is 0.417 e. The van der Waals surface area contributed by atoms with E-state index >= 15 is 0 Å². The second-order valence-corrected chi connectivity index (χ2v) is 10.0. The number of aryl methyl sites for hydroxylation is 1. The minimum atomic E-state index is -4.83. The first-order valence-electron chi connectivity index (χ1n) is 10.1. The molecule has 2 amide bonds. The Morgan fingerprint density at radius 3 is 2.32 bits per heavy atom. The summed E-state index contributed by atoms with van der Waals surface area (Å²) in [5.41, 5.74) is -0.00394. The van der Waals surface area contributed by atoms with Gasteiger partial charge in [-0.1, -0.05) is 41.4 Å². The fraction of sp³-hybridized carbons (Fsp3) is 0.364. The van der Waals surface area contributed by atoms with Crippen LogP contribution in [0.15, 0.2) is 42.5 Å². The normalized spacial score (nSPS) is 12.7. The van der Waals surface area contributed by atoms with Gasteiger partial charge in [-0.3, -0.25) is 13.9 Å². The lowest BCUT2D eigenvalue weighted by atomic mass is 10.1. The number of amides is 2. The molecule has 12 heteroatoms. The average molecular weight is 520 g/mol. The molecule has 34 heavy (non-hydrogen) atoms. The molecule has 0 bridgehead atoms. The standard InChI is InChI=1S/C22H25ClF3N3O4S/c1-14-6-5-7-16(10-14)12-28(15(2)21(31)27-3)20(30)13-29(34(4,32)33)17-8-9-19(23)18(11-17)22(24,25)26/h5-11,15H,12-13H2,1-4H3,(H,27,31). The third kappa shape index (κ3) is 6.86. The molecule has 1 N–H and O–H groups in total. The second-order valence-electron chi connectivity index (χ2n) is 7.73. The largest absolute Gasteiger partial charge is 0.417 e. The molecule has 7 nitrogen and oxygen atoms in total. The van der Waals surface area contributed by atoms with Gasteiger partial charge < -0.3 is 10.2 Å². The SMILES string of the molecule is CNC(=O)C(C)N(Cc1cccc(C)c1)C(=O)CN(c1ccc(Cl)c(C(F)(F)F)c1)S(C)(=O)=O. The monoisotopic (exact) mass is 519 g/mol. The van der Waals surface area contributed by atoms with E-state index in [1.165, 1.54) is 18.9 Å². The van der Waals surface area contributed by atoms with Crippen molar-refractivity contribution in [3.63, 3.8) is 0 Å². The van der Waals surface area contributed by atoms with Crippen molar-refractivity contribution in [2.24, 2.45) is 0 Å². The maximum absolute atomic E-state index is 13.3. The van der Waals surface area contributed by atoms with Crippen molar-refractivity contribution < 1.29 is 31.2 Å². The van der Waals surface area contributed by atoms with Gasteiger partial charge in [0.25, 0.3) is 0 Å². The Balaban J connectivity index is 2.47. The zero-order valence-electron chi connectivity index (χ0n) is 19.0. The molecular weight excluding hydrogens is 495 g/mol. The molecule has 1 atom stereocenters. The lowest BCUT2D eigenvalue weighted by Gasteiger charge is -2.31. The van der Waals surface area contributed by atoms with Crippen LogP contribution in [-0.4, -0.2) is 51.0 Å². The second kappa shape index (κ2) is 10.6. The Morgan fingerprint density at radius 2 is 1.79 bits per heavy atom. The Kier molecular flexibility index (Phi) is 8.59. The van der Waals surface area contributed by atoms with E-state index in [-0.39, 0.29) is 12.2 Å². The molecule has 2 rings (SSSR count). The van der Waals surface area contributed by atoms with Crippen LogP contribution in [0.2, 0.25) is 5.02 Å². The van der Waals surface area contributed by atoms with Gasteiger partial charge in [0, 0.05) is 13.6 Å². The van der Waals surface area contributed by atoms with Crippen LogP contribution in [-0.2, 0) is 32.3 Å². The summed E-state index contributed by atoms with van der Waals surface area (Å²) in [6.45, 7) is 2.50. The van der Waals surface area contributed by atoms with Crippen LogP contribution in [0, 0.1) is 6.92 Å². The van der Waals surface area contributed by atoms with E-state index in [1.54, 1.807) is 18.2 Å². The molecule has 2 aromatic rings. The third-order valence-corrected chi connectivity index (χ3v) is 6.54. The topological polar surface area (TPSA) is 86.8 Å². The highest BCUT2D eigenvalue weighted by Crippen LogP contribution is 2.37. The van der Waals surface area contributed by atoms with E-state index in [4.69, 9.17) is 11.6 Å². The molecule has 1 unspecified atom stereocenters. The Morgan fingerprint density at radius 1 is 1.15 bits per heavy atom. The Hall–Kier alpha value is -2.79. The number of carbonyl (C=O) groups excluding carboxylic acids is 2. The maximum atomic E-state index is 13.3. The van der Waals surface area contributed by atoms with E-state index in [2.05, 4.69) is 5.32 Å². The quantitative estimate of drug-likeness (QED) is 0.577. The summed E-state index contributed by atoms with van der Waals surface area (Å²) in [5, 5.41) is 1.83. The summed E-state index contributed by atoms with van der Waals surface area (Å²) in [7, 11) is -2.79. The molecule has 0 aliphatic heterocycles. The van der Waals surface area contributed by atoms with Crippen molar-refractivity contribution in [2.45, 2.75) is 32.6 Å². The van der Waals surface area contributed by atoms with Gasteiger partial charge in [-0.05, 0) is 37.6 Å². The van der Waals surface area contributed by atoms with Gasteiger partial charge in [-0.25, -0.2) is 8.42 Å². The fourth-order valence-corrected chi connectivity index (χ4v) is 4.36. The number of sulfonamides is 1. The average Bonchev–Trinajstić information content (AvgIpc) is 2.73. The van der Waals surface area contributed by atoms with Crippen LogP contribution in [0.25, 0.3) is 0 Å². The van der Waals surface area contributed by atoms with Crippen molar-refractivity contribution in [3.05, 3.63) is 64.2 Å². The summed E-state index contributed by atoms with van der Waals surface area (Å²) in [5.74, 6) is -1.26. The minimum Gasteiger partial charge on any atom is -0.357 e. The number of nitrogens with zero attached hydrogens (tertiary/aromatic N) is 2. The number of nitrogens with one attached hydrogen (secondary N) is 1. The van der Waals surface area contributed by atoms with Gasteiger partial charge in [0.1, 0.15) is 12.6 Å². The van der Waals surface area contributed by atoms with Gasteiger partial charge in [0.2, 0.25) is 21.8 Å². The molecule has 0 heterocycles. The van der Waals surface area contributed by atoms with Crippen LogP contribution in [0.5, 0.6) is 0 Å². The van der Waals surface area contributed by atoms with Crippen LogP contribution < -0.4 is 9.62 Å². The number of alkyl halides is 3. The first-order valence-corrected chi connectivity index (χ1v) is 12.3. The molecule has 0 aliphatic carbocycles. The van der Waals surface area contributed by atoms with Gasteiger partial charge in [0.05, 0.1) is 22.5 Å². The number of halogens is 4. The van der Waals surface area contributed by atoms with Crippen LogP contribution in [0.1, 0.15) is 23.6 Å². The Labute approximate surface area is 201 Å². The zero-order valence-corrected chi connectivity index (χ0v) is 20.6.